The summed E-state index contributed by atoms with van der Waals surface area (Å²) in [5.41, 5.74) is 8.80. The van der Waals surface area contributed by atoms with Crippen LogP contribution in [0.2, 0.25) is 0 Å². The zero-order valence-electron chi connectivity index (χ0n) is 14.1. The lowest BCUT2D eigenvalue weighted by atomic mass is 9.88. The van der Waals surface area contributed by atoms with Crippen LogP contribution >= 0.6 is 12.2 Å². The van der Waals surface area contributed by atoms with Gasteiger partial charge in [0, 0.05) is 6.07 Å². The Balaban J connectivity index is 1.75. The number of hydrogen-bond acceptors (Lipinski definition) is 5. The molecular formula is C16H17F2N5O3S. The van der Waals surface area contributed by atoms with Crippen LogP contribution in [-0.4, -0.2) is 37.5 Å². The third-order valence-corrected chi connectivity index (χ3v) is 4.83. The van der Waals surface area contributed by atoms with Gasteiger partial charge in [0.05, 0.1) is 12.5 Å². The van der Waals surface area contributed by atoms with E-state index in [2.05, 4.69) is 10.5 Å². The highest BCUT2D eigenvalue weighted by Crippen LogP contribution is 2.31. The minimum Gasteiger partial charge on any atom is -0.480 e. The van der Waals surface area contributed by atoms with Gasteiger partial charge in [-0.25, -0.2) is 18.1 Å². The summed E-state index contributed by atoms with van der Waals surface area (Å²) in [6, 6.07) is 0.636. The molecule has 4 N–H and O–H groups in total. The lowest BCUT2D eigenvalue weighted by molar-refractivity contribution is -0.140. The summed E-state index contributed by atoms with van der Waals surface area (Å²) in [6.07, 6.45) is 2.19. The van der Waals surface area contributed by atoms with Gasteiger partial charge in [-0.2, -0.15) is 5.10 Å². The lowest BCUT2D eigenvalue weighted by Crippen LogP contribution is -2.36. The standard InChI is InChI=1S/C16H17F2N5O3S/c17-9-3-8-4-10(1-2-11(8)12(18)5-9)23-16(27)22(7-20-23)21-14(24)6-13(19)15(25)26/h3,5,7,10,13H,1-2,4,6,19H2,(H,21,24)(H,25,26)/t10?,13-/m0/s1. The average Bonchev–Trinajstić information content (AvgIpc) is 2.94. The molecule has 1 unspecified atom stereocenters. The van der Waals surface area contributed by atoms with Gasteiger partial charge in [0.1, 0.15) is 24.0 Å². The summed E-state index contributed by atoms with van der Waals surface area (Å²) >= 11 is 5.29. The molecule has 0 bridgehead atoms. The predicted molar refractivity (Wildman–Crippen MR) is 93.1 cm³/mol. The first-order valence-electron chi connectivity index (χ1n) is 8.17. The van der Waals surface area contributed by atoms with E-state index < -0.39 is 36.0 Å². The highest BCUT2D eigenvalue weighted by atomic mass is 32.1. The van der Waals surface area contributed by atoms with Crippen molar-refractivity contribution in [3.05, 3.63) is 46.0 Å². The van der Waals surface area contributed by atoms with Crippen LogP contribution in [0.4, 0.5) is 8.78 Å². The first kappa shape index (κ1) is 19.1. The highest BCUT2D eigenvalue weighted by molar-refractivity contribution is 7.71. The fourth-order valence-corrected chi connectivity index (χ4v) is 3.39. The van der Waals surface area contributed by atoms with E-state index in [4.69, 9.17) is 23.1 Å². The van der Waals surface area contributed by atoms with Gasteiger partial charge in [-0.05, 0) is 48.7 Å². The molecule has 1 aromatic carbocycles. The van der Waals surface area contributed by atoms with Crippen LogP contribution in [0.15, 0.2) is 18.5 Å². The number of carboxylic acids is 1. The van der Waals surface area contributed by atoms with E-state index in [0.29, 0.717) is 30.4 Å². The van der Waals surface area contributed by atoms with Crippen molar-refractivity contribution in [1.29, 1.82) is 0 Å². The first-order valence-corrected chi connectivity index (χ1v) is 8.58. The van der Waals surface area contributed by atoms with Crippen LogP contribution in [0.25, 0.3) is 0 Å². The minimum atomic E-state index is -1.33. The summed E-state index contributed by atoms with van der Waals surface area (Å²) in [6.45, 7) is 0. The normalized spacial score (nSPS) is 17.2. The van der Waals surface area contributed by atoms with E-state index in [0.717, 1.165) is 6.07 Å². The Labute approximate surface area is 157 Å². The van der Waals surface area contributed by atoms with Gasteiger partial charge in [0.15, 0.2) is 0 Å². The fraction of sp³-hybridized carbons (Fsp3) is 0.375. The van der Waals surface area contributed by atoms with Gasteiger partial charge in [-0.15, -0.1) is 0 Å². The molecule has 0 spiro atoms. The third-order valence-electron chi connectivity index (χ3n) is 4.44. The van der Waals surface area contributed by atoms with Crippen LogP contribution in [0.1, 0.15) is 30.0 Å². The smallest absolute Gasteiger partial charge is 0.321 e. The zero-order valence-corrected chi connectivity index (χ0v) is 14.9. The number of nitrogens with one attached hydrogen (secondary N) is 1. The number of rotatable bonds is 5. The Morgan fingerprint density at radius 3 is 2.89 bits per heavy atom. The van der Waals surface area contributed by atoms with Crippen LogP contribution in [0, 0.1) is 16.4 Å². The minimum absolute atomic E-state index is 0.178. The first-order chi connectivity index (χ1) is 12.8. The number of benzene rings is 1. The van der Waals surface area contributed by atoms with Gasteiger partial charge in [-0.3, -0.25) is 15.0 Å². The molecule has 1 heterocycles. The van der Waals surface area contributed by atoms with Crippen molar-refractivity contribution in [1.82, 2.24) is 14.5 Å². The Kier molecular flexibility index (Phi) is 5.33. The van der Waals surface area contributed by atoms with E-state index in [1.165, 1.54) is 21.8 Å². The Bertz CT molecular complexity index is 958. The number of carbonyl (C=O) groups excluding carboxylic acids is 1. The van der Waals surface area contributed by atoms with Gasteiger partial charge in [0.25, 0.3) is 0 Å². The molecule has 11 heteroatoms. The summed E-state index contributed by atoms with van der Waals surface area (Å²) in [7, 11) is 0. The van der Waals surface area contributed by atoms with E-state index >= 15 is 0 Å². The van der Waals surface area contributed by atoms with Crippen LogP contribution < -0.4 is 11.2 Å². The maximum atomic E-state index is 13.9. The third kappa shape index (κ3) is 4.03. The molecule has 2 atom stereocenters. The molecular weight excluding hydrogens is 380 g/mol. The van der Waals surface area contributed by atoms with Crippen LogP contribution in [0.3, 0.4) is 0 Å². The second kappa shape index (κ2) is 7.53. The molecule has 1 amide bonds. The molecule has 3 rings (SSSR count). The number of aliphatic carboxylic acids is 1. The molecule has 0 saturated carbocycles. The number of fused-ring (bicyclic) bond motifs is 1. The fourth-order valence-electron chi connectivity index (χ4n) is 3.11. The highest BCUT2D eigenvalue weighted by Gasteiger charge is 2.25. The van der Waals surface area contributed by atoms with Crippen molar-refractivity contribution in [2.75, 3.05) is 5.43 Å². The molecule has 27 heavy (non-hydrogen) atoms. The Hall–Kier alpha value is -2.66. The number of hydrogen-bond donors (Lipinski definition) is 3. The van der Waals surface area contributed by atoms with E-state index in [1.807, 2.05) is 0 Å². The molecule has 144 valence electrons. The number of carbonyl (C=O) groups is 2. The summed E-state index contributed by atoms with van der Waals surface area (Å²) in [5, 5.41) is 12.9. The second-order valence-electron chi connectivity index (χ2n) is 6.33. The second-order valence-corrected chi connectivity index (χ2v) is 6.70. The molecule has 0 radical (unpaired) electrons. The molecule has 0 saturated heterocycles. The van der Waals surface area contributed by atoms with Gasteiger partial charge in [-0.1, -0.05) is 0 Å². The van der Waals surface area contributed by atoms with Crippen molar-refractivity contribution < 1.29 is 23.5 Å². The maximum absolute atomic E-state index is 13.9. The number of aromatic nitrogens is 3. The van der Waals surface area contributed by atoms with E-state index in [9.17, 15) is 18.4 Å². The van der Waals surface area contributed by atoms with Crippen molar-refractivity contribution in [2.45, 2.75) is 37.8 Å². The molecule has 0 aliphatic heterocycles. The topological polar surface area (TPSA) is 115 Å². The van der Waals surface area contributed by atoms with Crippen molar-refractivity contribution in [3.8, 4) is 0 Å². The van der Waals surface area contributed by atoms with E-state index in [-0.39, 0.29) is 10.8 Å². The molecule has 2 aromatic rings. The van der Waals surface area contributed by atoms with Gasteiger partial charge in [0.2, 0.25) is 10.7 Å². The van der Waals surface area contributed by atoms with Crippen molar-refractivity contribution >= 4 is 24.1 Å². The quantitative estimate of drug-likeness (QED) is 0.655. The van der Waals surface area contributed by atoms with E-state index in [1.54, 1.807) is 0 Å². The van der Waals surface area contributed by atoms with Crippen LogP contribution in [0.5, 0.6) is 0 Å². The van der Waals surface area contributed by atoms with Crippen molar-refractivity contribution in [3.63, 3.8) is 0 Å². The number of carboxylic acid groups (broad SMARTS) is 1. The van der Waals surface area contributed by atoms with Crippen molar-refractivity contribution in [2.24, 2.45) is 5.73 Å². The van der Waals surface area contributed by atoms with Crippen LogP contribution in [-0.2, 0) is 22.4 Å². The SMILES string of the molecule is N[C@@H](CC(=O)Nn1cnn(C2CCc3c(F)cc(F)cc3C2)c1=S)C(=O)O. The number of nitrogens with two attached hydrogens (primary N) is 1. The predicted octanol–water partition coefficient (Wildman–Crippen LogP) is 1.29. The molecule has 8 nitrogen and oxygen atoms in total. The summed E-state index contributed by atoms with van der Waals surface area (Å²) in [5.74, 6) is -3.11. The van der Waals surface area contributed by atoms with Gasteiger partial charge < -0.3 is 10.8 Å². The number of amides is 1. The number of nitrogens with zero attached hydrogens (tertiary/aromatic N) is 3. The number of halogens is 2. The summed E-state index contributed by atoms with van der Waals surface area (Å²) in [4.78, 5) is 22.6. The molecule has 0 fully saturated rings. The summed E-state index contributed by atoms with van der Waals surface area (Å²) < 4.78 is 30.2. The maximum Gasteiger partial charge on any atom is 0.321 e. The largest absolute Gasteiger partial charge is 0.480 e. The average molecular weight is 397 g/mol. The Morgan fingerprint density at radius 1 is 1.44 bits per heavy atom. The molecule has 1 aliphatic carbocycles. The molecule has 1 aliphatic rings. The Morgan fingerprint density at radius 2 is 2.19 bits per heavy atom. The monoisotopic (exact) mass is 397 g/mol. The lowest BCUT2D eigenvalue weighted by Gasteiger charge is -2.25. The zero-order chi connectivity index (χ0) is 19.7. The van der Waals surface area contributed by atoms with Gasteiger partial charge >= 0.3 is 5.97 Å². The molecule has 1 aromatic heterocycles.